The normalized spacial score (nSPS) is 24.3. The molecule has 4 nitrogen and oxygen atoms in total. The van der Waals surface area contributed by atoms with Gasteiger partial charge in [0.1, 0.15) is 0 Å². The van der Waals surface area contributed by atoms with Crippen molar-refractivity contribution in [1.29, 1.82) is 0 Å². The molecule has 1 aromatic rings. The molecule has 0 radical (unpaired) electrons. The lowest BCUT2D eigenvalue weighted by molar-refractivity contribution is 0.0988. The maximum absolute atomic E-state index is 5.51. The molecule has 0 bridgehead atoms. The Morgan fingerprint density at radius 2 is 2.39 bits per heavy atom. The van der Waals surface area contributed by atoms with Crippen LogP contribution in [0.3, 0.4) is 0 Å². The monoisotopic (exact) mass is 247 g/mol. The summed E-state index contributed by atoms with van der Waals surface area (Å²) in [5.41, 5.74) is 2.62. The van der Waals surface area contributed by atoms with Crippen LogP contribution in [0.2, 0.25) is 0 Å². The van der Waals surface area contributed by atoms with Crippen LogP contribution in [-0.2, 0) is 11.3 Å². The third-order valence-electron chi connectivity index (χ3n) is 3.71. The second-order valence-electron chi connectivity index (χ2n) is 5.28. The number of anilines is 1. The highest BCUT2D eigenvalue weighted by Gasteiger charge is 2.23. The van der Waals surface area contributed by atoms with E-state index in [4.69, 9.17) is 4.74 Å². The van der Waals surface area contributed by atoms with Crippen LogP contribution < -0.4 is 10.2 Å². The van der Waals surface area contributed by atoms with Crippen molar-refractivity contribution >= 4 is 5.69 Å². The van der Waals surface area contributed by atoms with E-state index in [0.29, 0.717) is 6.04 Å². The second-order valence-corrected chi connectivity index (χ2v) is 5.28. The first-order valence-corrected chi connectivity index (χ1v) is 6.85. The zero-order chi connectivity index (χ0) is 12.4. The smallest absolute Gasteiger partial charge is 0.0668 e. The van der Waals surface area contributed by atoms with Gasteiger partial charge in [0.25, 0.3) is 0 Å². The van der Waals surface area contributed by atoms with Gasteiger partial charge in [0, 0.05) is 48.8 Å². The molecule has 1 saturated heterocycles. The van der Waals surface area contributed by atoms with Crippen molar-refractivity contribution in [3.05, 3.63) is 24.0 Å². The predicted octanol–water partition coefficient (Wildman–Crippen LogP) is 1.56. The standard InChI is InChI=1S/C14H21N3O/c1-11-10-18-7-6-17(11)14-4-5-15-8-12(14)9-16-13-2-3-13/h4-5,8,11,13,16H,2-3,6-7,9-10H2,1H3. The number of hydrogen-bond donors (Lipinski definition) is 1. The van der Waals surface area contributed by atoms with E-state index >= 15 is 0 Å². The summed E-state index contributed by atoms with van der Waals surface area (Å²) in [4.78, 5) is 6.71. The van der Waals surface area contributed by atoms with Crippen molar-refractivity contribution in [2.45, 2.75) is 38.4 Å². The molecule has 1 saturated carbocycles. The maximum atomic E-state index is 5.51. The van der Waals surface area contributed by atoms with Gasteiger partial charge in [-0.25, -0.2) is 0 Å². The van der Waals surface area contributed by atoms with Gasteiger partial charge in [-0.3, -0.25) is 4.98 Å². The van der Waals surface area contributed by atoms with E-state index in [9.17, 15) is 0 Å². The molecule has 4 heteroatoms. The molecular weight excluding hydrogens is 226 g/mol. The molecule has 0 aromatic carbocycles. The Balaban J connectivity index is 1.75. The lowest BCUT2D eigenvalue weighted by Crippen LogP contribution is -2.44. The molecule has 3 rings (SSSR count). The maximum Gasteiger partial charge on any atom is 0.0668 e. The molecule has 1 N–H and O–H groups in total. The molecule has 0 amide bonds. The lowest BCUT2D eigenvalue weighted by Gasteiger charge is -2.36. The summed E-state index contributed by atoms with van der Waals surface area (Å²) < 4.78 is 5.51. The van der Waals surface area contributed by atoms with Crippen LogP contribution in [0.1, 0.15) is 25.3 Å². The van der Waals surface area contributed by atoms with Crippen LogP contribution in [-0.4, -0.2) is 36.8 Å². The van der Waals surface area contributed by atoms with Gasteiger partial charge >= 0.3 is 0 Å². The lowest BCUT2D eigenvalue weighted by atomic mass is 10.1. The molecule has 2 heterocycles. The minimum Gasteiger partial charge on any atom is -0.377 e. The van der Waals surface area contributed by atoms with Gasteiger partial charge in [-0.15, -0.1) is 0 Å². The molecule has 18 heavy (non-hydrogen) atoms. The number of morpholine rings is 1. The van der Waals surface area contributed by atoms with E-state index in [2.05, 4.69) is 28.2 Å². The molecule has 0 spiro atoms. The van der Waals surface area contributed by atoms with Crippen molar-refractivity contribution in [1.82, 2.24) is 10.3 Å². The number of nitrogens with zero attached hydrogens (tertiary/aromatic N) is 2. The van der Waals surface area contributed by atoms with Gasteiger partial charge in [-0.2, -0.15) is 0 Å². The third-order valence-corrected chi connectivity index (χ3v) is 3.71. The number of rotatable bonds is 4. The summed E-state index contributed by atoms with van der Waals surface area (Å²) in [6, 6.07) is 3.31. The van der Waals surface area contributed by atoms with Gasteiger partial charge in [0.15, 0.2) is 0 Å². The first kappa shape index (κ1) is 11.9. The fourth-order valence-electron chi connectivity index (χ4n) is 2.46. The summed E-state index contributed by atoms with van der Waals surface area (Å²) in [6.45, 7) is 5.76. The highest BCUT2D eigenvalue weighted by Crippen LogP contribution is 2.25. The third kappa shape index (κ3) is 2.65. The van der Waals surface area contributed by atoms with Crippen LogP contribution in [0.5, 0.6) is 0 Å². The van der Waals surface area contributed by atoms with E-state index in [1.807, 2.05) is 12.4 Å². The Morgan fingerprint density at radius 1 is 1.50 bits per heavy atom. The SMILES string of the molecule is CC1COCCN1c1ccncc1CNC1CC1. The van der Waals surface area contributed by atoms with E-state index in [-0.39, 0.29) is 0 Å². The van der Waals surface area contributed by atoms with Gasteiger partial charge < -0.3 is 15.0 Å². The van der Waals surface area contributed by atoms with Gasteiger partial charge in [-0.05, 0) is 25.8 Å². The van der Waals surface area contributed by atoms with E-state index < -0.39 is 0 Å². The summed E-state index contributed by atoms with van der Waals surface area (Å²) in [5, 5.41) is 3.57. The van der Waals surface area contributed by atoms with Crippen molar-refractivity contribution in [2.75, 3.05) is 24.7 Å². The topological polar surface area (TPSA) is 37.4 Å². The Kier molecular flexibility index (Phi) is 3.48. The largest absolute Gasteiger partial charge is 0.377 e. The number of aromatic nitrogens is 1. The highest BCUT2D eigenvalue weighted by atomic mass is 16.5. The zero-order valence-electron chi connectivity index (χ0n) is 10.9. The second kappa shape index (κ2) is 5.24. The van der Waals surface area contributed by atoms with E-state index in [1.165, 1.54) is 24.1 Å². The van der Waals surface area contributed by atoms with Crippen LogP contribution in [0.25, 0.3) is 0 Å². The van der Waals surface area contributed by atoms with Crippen LogP contribution >= 0.6 is 0 Å². The van der Waals surface area contributed by atoms with Crippen LogP contribution in [0.15, 0.2) is 18.5 Å². The zero-order valence-corrected chi connectivity index (χ0v) is 10.9. The molecule has 2 fully saturated rings. The molecule has 1 aliphatic heterocycles. The van der Waals surface area contributed by atoms with Crippen molar-refractivity contribution in [3.8, 4) is 0 Å². The predicted molar refractivity (Wildman–Crippen MR) is 71.7 cm³/mol. The highest BCUT2D eigenvalue weighted by molar-refractivity contribution is 5.53. The van der Waals surface area contributed by atoms with E-state index in [0.717, 1.165) is 32.3 Å². The van der Waals surface area contributed by atoms with Gasteiger partial charge in [0.2, 0.25) is 0 Å². The molecular formula is C14H21N3O. The van der Waals surface area contributed by atoms with Crippen molar-refractivity contribution in [2.24, 2.45) is 0 Å². The van der Waals surface area contributed by atoms with Crippen LogP contribution in [0.4, 0.5) is 5.69 Å². The molecule has 1 atom stereocenters. The molecule has 98 valence electrons. The number of ether oxygens (including phenoxy) is 1. The van der Waals surface area contributed by atoms with Crippen molar-refractivity contribution in [3.63, 3.8) is 0 Å². The van der Waals surface area contributed by atoms with Crippen LogP contribution in [0, 0.1) is 0 Å². The summed E-state index contributed by atoms with van der Waals surface area (Å²) in [7, 11) is 0. The minimum absolute atomic E-state index is 0.445. The first-order chi connectivity index (χ1) is 8.84. The Hall–Kier alpha value is -1.13. The molecule has 1 aromatic heterocycles. The molecule has 2 aliphatic rings. The Labute approximate surface area is 108 Å². The summed E-state index contributed by atoms with van der Waals surface area (Å²) in [6.07, 6.45) is 6.53. The minimum atomic E-state index is 0.445. The fraction of sp³-hybridized carbons (Fsp3) is 0.643. The van der Waals surface area contributed by atoms with Gasteiger partial charge in [0.05, 0.1) is 13.2 Å². The number of nitrogens with one attached hydrogen (secondary N) is 1. The van der Waals surface area contributed by atoms with Crippen molar-refractivity contribution < 1.29 is 4.74 Å². The Bertz CT molecular complexity index is 406. The average Bonchev–Trinajstić information content (AvgIpc) is 3.22. The van der Waals surface area contributed by atoms with Gasteiger partial charge in [-0.1, -0.05) is 0 Å². The summed E-state index contributed by atoms with van der Waals surface area (Å²) in [5.74, 6) is 0. The Morgan fingerprint density at radius 3 is 3.17 bits per heavy atom. The number of pyridine rings is 1. The first-order valence-electron chi connectivity index (χ1n) is 6.85. The fourth-order valence-corrected chi connectivity index (χ4v) is 2.46. The van der Waals surface area contributed by atoms with E-state index in [1.54, 1.807) is 0 Å². The molecule has 1 unspecified atom stereocenters. The average molecular weight is 247 g/mol. The number of hydrogen-bond acceptors (Lipinski definition) is 4. The molecule has 1 aliphatic carbocycles. The summed E-state index contributed by atoms with van der Waals surface area (Å²) >= 11 is 0. The quantitative estimate of drug-likeness (QED) is 0.876.